The quantitative estimate of drug-likeness (QED) is 0.324. The molecule has 0 fully saturated rings. The van der Waals surface area contributed by atoms with Crippen molar-refractivity contribution >= 4 is 29.1 Å². The molecule has 2 heterocycles. The van der Waals surface area contributed by atoms with Crippen molar-refractivity contribution in [3.8, 4) is 28.5 Å². The number of rotatable bonds is 5. The van der Waals surface area contributed by atoms with E-state index in [4.69, 9.17) is 4.74 Å². The Kier molecular flexibility index (Phi) is 5.59. The number of phenols is 2. The summed E-state index contributed by atoms with van der Waals surface area (Å²) in [6.45, 7) is 6.25. The lowest BCUT2D eigenvalue weighted by molar-refractivity contribution is -0.118. The molecule has 0 unspecified atom stereocenters. The standard InChI is InChI=1S/C22H20N4O4S/c1-13(2)9-23-22-26(24-10-14-3-5-18(27)19(28)7-14)17(12-31-22)15-4-6-20-16(8-15)25-21(29)11-30-20/h3-8,10,12,27-28H,1,9,11H2,2H3,(H,25,29). The van der Waals surface area contributed by atoms with Crippen LogP contribution < -0.4 is 14.9 Å². The van der Waals surface area contributed by atoms with E-state index in [-0.39, 0.29) is 24.0 Å². The second kappa shape index (κ2) is 8.49. The van der Waals surface area contributed by atoms with E-state index in [1.165, 1.54) is 23.5 Å². The lowest BCUT2D eigenvalue weighted by Gasteiger charge is -2.18. The van der Waals surface area contributed by atoms with Crippen molar-refractivity contribution in [3.63, 3.8) is 0 Å². The van der Waals surface area contributed by atoms with Crippen molar-refractivity contribution in [1.29, 1.82) is 0 Å². The molecule has 3 aromatic rings. The zero-order valence-electron chi connectivity index (χ0n) is 16.7. The average molecular weight is 436 g/mol. The molecule has 3 N–H and O–H groups in total. The van der Waals surface area contributed by atoms with Crippen LogP contribution in [0.2, 0.25) is 0 Å². The Morgan fingerprint density at radius 3 is 2.90 bits per heavy atom. The molecule has 0 bridgehead atoms. The molecule has 0 saturated carbocycles. The Hall–Kier alpha value is -3.85. The number of aromatic nitrogens is 1. The molecule has 9 heteroatoms. The number of hydrogen-bond acceptors (Lipinski definition) is 7. The Labute approximate surface area is 182 Å². The number of anilines is 1. The summed E-state index contributed by atoms with van der Waals surface area (Å²) in [5.41, 5.74) is 3.72. The zero-order valence-corrected chi connectivity index (χ0v) is 17.5. The molecule has 0 saturated heterocycles. The van der Waals surface area contributed by atoms with Crippen molar-refractivity contribution in [2.45, 2.75) is 6.92 Å². The molecule has 1 aliphatic rings. The highest BCUT2D eigenvalue weighted by atomic mass is 32.1. The van der Waals surface area contributed by atoms with E-state index < -0.39 is 0 Å². The van der Waals surface area contributed by atoms with Gasteiger partial charge in [-0.05, 0) is 48.9 Å². The van der Waals surface area contributed by atoms with E-state index in [9.17, 15) is 15.0 Å². The van der Waals surface area contributed by atoms with Crippen LogP contribution >= 0.6 is 11.3 Å². The minimum Gasteiger partial charge on any atom is -0.504 e. The van der Waals surface area contributed by atoms with E-state index >= 15 is 0 Å². The number of nitrogens with one attached hydrogen (secondary N) is 1. The largest absolute Gasteiger partial charge is 0.504 e. The average Bonchev–Trinajstić information content (AvgIpc) is 3.15. The summed E-state index contributed by atoms with van der Waals surface area (Å²) in [4.78, 5) is 16.9. The van der Waals surface area contributed by atoms with Crippen LogP contribution in [0.1, 0.15) is 12.5 Å². The molecular formula is C22H20N4O4S. The monoisotopic (exact) mass is 436 g/mol. The molecule has 8 nitrogen and oxygen atoms in total. The molecule has 4 rings (SSSR count). The number of benzene rings is 2. The first-order chi connectivity index (χ1) is 14.9. The van der Waals surface area contributed by atoms with Gasteiger partial charge in [0.05, 0.1) is 24.1 Å². The smallest absolute Gasteiger partial charge is 0.262 e. The minimum atomic E-state index is -0.225. The summed E-state index contributed by atoms with van der Waals surface area (Å²) in [7, 11) is 0. The lowest BCUT2D eigenvalue weighted by atomic mass is 10.1. The number of aromatic hydroxyl groups is 2. The van der Waals surface area contributed by atoms with E-state index in [0.29, 0.717) is 28.3 Å². The first-order valence-electron chi connectivity index (χ1n) is 9.39. The molecule has 158 valence electrons. The van der Waals surface area contributed by atoms with Crippen molar-refractivity contribution in [2.75, 3.05) is 18.5 Å². The SMILES string of the molecule is C=C(C)CN=c1scc(-c2ccc3c(c2)NC(=O)CO3)n1N=Cc1ccc(O)c(O)c1. The molecule has 31 heavy (non-hydrogen) atoms. The van der Waals surface area contributed by atoms with Gasteiger partial charge in [0.15, 0.2) is 18.1 Å². The number of carbonyl (C=O) groups is 1. The Morgan fingerprint density at radius 2 is 2.13 bits per heavy atom. The van der Waals surface area contributed by atoms with Gasteiger partial charge in [-0.1, -0.05) is 12.2 Å². The molecule has 1 aromatic heterocycles. The summed E-state index contributed by atoms with van der Waals surface area (Å²) >= 11 is 1.43. The van der Waals surface area contributed by atoms with E-state index in [1.54, 1.807) is 23.0 Å². The number of nitrogens with zero attached hydrogens (tertiary/aromatic N) is 3. The summed E-state index contributed by atoms with van der Waals surface area (Å²) in [6, 6.07) is 9.98. The maximum absolute atomic E-state index is 11.7. The number of thiazole rings is 1. The van der Waals surface area contributed by atoms with Gasteiger partial charge < -0.3 is 20.3 Å². The van der Waals surface area contributed by atoms with E-state index in [0.717, 1.165) is 16.8 Å². The molecule has 1 amide bonds. The van der Waals surface area contributed by atoms with Gasteiger partial charge in [0.1, 0.15) is 5.75 Å². The summed E-state index contributed by atoms with van der Waals surface area (Å²) in [6.07, 6.45) is 1.57. The molecule has 1 aliphatic heterocycles. The first-order valence-corrected chi connectivity index (χ1v) is 10.3. The van der Waals surface area contributed by atoms with Crippen LogP contribution in [-0.2, 0) is 4.79 Å². The van der Waals surface area contributed by atoms with E-state index in [1.807, 2.05) is 24.4 Å². The van der Waals surface area contributed by atoms with Crippen molar-refractivity contribution in [2.24, 2.45) is 10.1 Å². The van der Waals surface area contributed by atoms with E-state index in [2.05, 4.69) is 22.0 Å². The van der Waals surface area contributed by atoms with Crippen LogP contribution in [0, 0.1) is 0 Å². The third-order valence-electron chi connectivity index (χ3n) is 4.40. The molecule has 0 spiro atoms. The Morgan fingerprint density at radius 1 is 1.29 bits per heavy atom. The van der Waals surface area contributed by atoms with Crippen LogP contribution in [0.25, 0.3) is 11.3 Å². The topological polar surface area (TPSA) is 108 Å². The van der Waals surface area contributed by atoms with Gasteiger partial charge in [-0.3, -0.25) is 9.79 Å². The fourth-order valence-corrected chi connectivity index (χ4v) is 3.75. The van der Waals surface area contributed by atoms with Crippen LogP contribution in [0.15, 0.2) is 64.0 Å². The molecule has 2 aromatic carbocycles. The maximum atomic E-state index is 11.7. The van der Waals surface area contributed by atoms with Crippen LogP contribution in [-0.4, -0.2) is 40.2 Å². The highest BCUT2D eigenvalue weighted by Crippen LogP contribution is 2.33. The number of phenolic OH excluding ortho intramolecular Hbond substituents is 2. The van der Waals surface area contributed by atoms with Gasteiger partial charge in [-0.15, -0.1) is 11.3 Å². The number of amides is 1. The minimum absolute atomic E-state index is 0.00149. The number of hydrogen-bond donors (Lipinski definition) is 3. The number of ether oxygens (including phenoxy) is 1. The second-order valence-electron chi connectivity index (χ2n) is 7.03. The molecule has 0 aliphatic carbocycles. The predicted molar refractivity (Wildman–Crippen MR) is 120 cm³/mol. The zero-order chi connectivity index (χ0) is 22.0. The van der Waals surface area contributed by atoms with Gasteiger partial charge in [0.2, 0.25) is 4.80 Å². The van der Waals surface area contributed by atoms with Gasteiger partial charge in [-0.2, -0.15) is 5.10 Å². The molecule has 0 radical (unpaired) electrons. The second-order valence-corrected chi connectivity index (χ2v) is 7.87. The van der Waals surface area contributed by atoms with Gasteiger partial charge in [0, 0.05) is 10.9 Å². The summed E-state index contributed by atoms with van der Waals surface area (Å²) in [5, 5.41) is 28.5. The summed E-state index contributed by atoms with van der Waals surface area (Å²) < 4.78 is 7.12. The Bertz CT molecular complexity index is 1270. The third-order valence-corrected chi connectivity index (χ3v) is 5.25. The fraction of sp³-hybridized carbons (Fsp3) is 0.136. The van der Waals surface area contributed by atoms with Crippen molar-refractivity contribution in [1.82, 2.24) is 4.68 Å². The summed E-state index contributed by atoms with van der Waals surface area (Å²) in [5.74, 6) is -0.0147. The normalized spacial score (nSPS) is 13.7. The van der Waals surface area contributed by atoms with Crippen molar-refractivity contribution < 1.29 is 19.7 Å². The molecule has 0 atom stereocenters. The predicted octanol–water partition coefficient (Wildman–Crippen LogP) is 3.32. The maximum Gasteiger partial charge on any atom is 0.262 e. The lowest BCUT2D eigenvalue weighted by Crippen LogP contribution is -2.25. The molecular weight excluding hydrogens is 416 g/mol. The third kappa shape index (κ3) is 4.51. The number of fused-ring (bicyclic) bond motifs is 1. The van der Waals surface area contributed by atoms with Gasteiger partial charge >= 0.3 is 0 Å². The Balaban J connectivity index is 1.78. The van der Waals surface area contributed by atoms with Gasteiger partial charge in [0.25, 0.3) is 5.91 Å². The number of carbonyl (C=O) groups excluding carboxylic acids is 1. The highest BCUT2D eigenvalue weighted by molar-refractivity contribution is 7.07. The van der Waals surface area contributed by atoms with Crippen LogP contribution in [0.5, 0.6) is 17.2 Å². The van der Waals surface area contributed by atoms with Gasteiger partial charge in [-0.25, -0.2) is 4.68 Å². The fourth-order valence-electron chi connectivity index (χ4n) is 2.91. The van der Waals surface area contributed by atoms with Crippen LogP contribution in [0.3, 0.4) is 0 Å². The van der Waals surface area contributed by atoms with Crippen LogP contribution in [0.4, 0.5) is 5.69 Å². The highest BCUT2D eigenvalue weighted by Gasteiger charge is 2.17. The first kappa shape index (κ1) is 20.4. The van der Waals surface area contributed by atoms with Crippen molar-refractivity contribution in [3.05, 3.63) is 64.3 Å².